The lowest BCUT2D eigenvalue weighted by Gasteiger charge is -2.06. The van der Waals surface area contributed by atoms with Gasteiger partial charge in [0.05, 0.1) is 17.7 Å². The Kier molecular flexibility index (Phi) is 4.96. The van der Waals surface area contributed by atoms with Crippen molar-refractivity contribution in [1.29, 1.82) is 5.26 Å². The summed E-state index contributed by atoms with van der Waals surface area (Å²) in [5, 5.41) is 18.4. The largest absolute Gasteiger partial charge is 0.481 e. The topological polar surface area (TPSA) is 74.0 Å². The Balaban J connectivity index is 2.26. The molecule has 2 aromatic rings. The molecular formula is C16H14N2O2S. The molecule has 21 heavy (non-hydrogen) atoms. The first-order chi connectivity index (χ1) is 10.1. The van der Waals surface area contributed by atoms with Crippen molar-refractivity contribution in [3.63, 3.8) is 0 Å². The Labute approximate surface area is 127 Å². The Morgan fingerprint density at radius 1 is 1.29 bits per heavy atom. The van der Waals surface area contributed by atoms with Crippen LogP contribution in [0.3, 0.4) is 0 Å². The van der Waals surface area contributed by atoms with Crippen LogP contribution in [-0.2, 0) is 4.79 Å². The van der Waals surface area contributed by atoms with Gasteiger partial charge in [-0.25, -0.2) is 4.98 Å². The number of hydrogen-bond acceptors (Lipinski definition) is 4. The molecule has 1 aromatic heterocycles. The Morgan fingerprint density at radius 2 is 2.00 bits per heavy atom. The molecule has 106 valence electrons. The fraction of sp³-hybridized carbons (Fsp3) is 0.188. The number of nitrogens with zero attached hydrogens (tertiary/aromatic N) is 2. The number of carbonyl (C=O) groups is 1. The predicted octanol–water partition coefficient (Wildman–Crippen LogP) is 3.50. The first-order valence-corrected chi connectivity index (χ1v) is 7.41. The maximum Gasteiger partial charge on any atom is 0.304 e. The highest BCUT2D eigenvalue weighted by atomic mass is 32.2. The fourth-order valence-electron chi connectivity index (χ4n) is 1.76. The van der Waals surface area contributed by atoms with Crippen LogP contribution in [0.15, 0.2) is 41.4 Å². The summed E-state index contributed by atoms with van der Waals surface area (Å²) in [6.07, 6.45) is 0.0476. The van der Waals surface area contributed by atoms with Gasteiger partial charge >= 0.3 is 5.97 Å². The number of aliphatic carboxylic acids is 1. The van der Waals surface area contributed by atoms with Gasteiger partial charge in [-0.1, -0.05) is 29.8 Å². The Morgan fingerprint density at radius 3 is 2.62 bits per heavy atom. The van der Waals surface area contributed by atoms with Gasteiger partial charge in [-0.2, -0.15) is 5.26 Å². The van der Waals surface area contributed by atoms with Crippen LogP contribution in [0.2, 0.25) is 0 Å². The van der Waals surface area contributed by atoms with Crippen LogP contribution in [0, 0.1) is 18.3 Å². The van der Waals surface area contributed by atoms with E-state index in [1.54, 1.807) is 6.07 Å². The van der Waals surface area contributed by atoms with Gasteiger partial charge in [-0.15, -0.1) is 11.8 Å². The summed E-state index contributed by atoms with van der Waals surface area (Å²) in [4.78, 5) is 15.1. The standard InChI is InChI=1S/C16H14N2O2S/c1-11-2-4-12(5-3-11)14-7-6-13(10-17)16(18-14)21-9-8-15(19)20/h2-7H,8-9H2,1H3,(H,19,20). The minimum Gasteiger partial charge on any atom is -0.481 e. The fourth-order valence-corrected chi connectivity index (χ4v) is 2.66. The van der Waals surface area contributed by atoms with Gasteiger partial charge in [-0.3, -0.25) is 4.79 Å². The van der Waals surface area contributed by atoms with Crippen LogP contribution >= 0.6 is 11.8 Å². The second-order valence-electron chi connectivity index (χ2n) is 4.52. The number of benzene rings is 1. The molecule has 0 saturated carbocycles. The van der Waals surface area contributed by atoms with E-state index in [0.29, 0.717) is 16.3 Å². The van der Waals surface area contributed by atoms with E-state index in [4.69, 9.17) is 10.4 Å². The van der Waals surface area contributed by atoms with Crippen LogP contribution < -0.4 is 0 Å². The molecule has 0 unspecified atom stereocenters. The normalized spacial score (nSPS) is 10.1. The van der Waals surface area contributed by atoms with Crippen molar-refractivity contribution in [3.8, 4) is 17.3 Å². The predicted molar refractivity (Wildman–Crippen MR) is 82.1 cm³/mol. The summed E-state index contributed by atoms with van der Waals surface area (Å²) in [5.74, 6) is -0.454. The molecule has 1 N–H and O–H groups in total. The second-order valence-corrected chi connectivity index (χ2v) is 5.60. The molecule has 0 radical (unpaired) electrons. The average Bonchev–Trinajstić information content (AvgIpc) is 2.47. The summed E-state index contributed by atoms with van der Waals surface area (Å²) < 4.78 is 0. The third-order valence-electron chi connectivity index (χ3n) is 2.88. The van der Waals surface area contributed by atoms with E-state index >= 15 is 0 Å². The highest BCUT2D eigenvalue weighted by Crippen LogP contribution is 2.25. The minimum absolute atomic E-state index is 0.0476. The molecule has 0 aliphatic heterocycles. The monoisotopic (exact) mass is 298 g/mol. The molecule has 1 aromatic carbocycles. The number of rotatable bonds is 5. The summed E-state index contributed by atoms with van der Waals surface area (Å²) in [5.41, 5.74) is 3.40. The summed E-state index contributed by atoms with van der Waals surface area (Å²) in [7, 11) is 0. The average molecular weight is 298 g/mol. The van der Waals surface area contributed by atoms with Gasteiger partial charge in [0.25, 0.3) is 0 Å². The molecule has 0 spiro atoms. The van der Waals surface area contributed by atoms with E-state index < -0.39 is 5.97 Å². The first-order valence-electron chi connectivity index (χ1n) is 6.43. The number of thioether (sulfide) groups is 1. The maximum absolute atomic E-state index is 10.6. The first kappa shape index (κ1) is 15.1. The molecule has 0 saturated heterocycles. The molecule has 0 amide bonds. The summed E-state index contributed by atoms with van der Waals surface area (Å²) in [6.45, 7) is 2.02. The Bertz CT molecular complexity index is 690. The van der Waals surface area contributed by atoms with Gasteiger partial charge in [0.1, 0.15) is 11.1 Å². The van der Waals surface area contributed by atoms with E-state index in [2.05, 4.69) is 11.1 Å². The van der Waals surface area contributed by atoms with E-state index in [9.17, 15) is 4.79 Å². The number of aromatic nitrogens is 1. The second kappa shape index (κ2) is 6.91. The van der Waals surface area contributed by atoms with Crippen molar-refractivity contribution in [1.82, 2.24) is 4.98 Å². The molecule has 0 fully saturated rings. The van der Waals surface area contributed by atoms with Gasteiger partial charge < -0.3 is 5.11 Å². The third-order valence-corrected chi connectivity index (χ3v) is 3.88. The smallest absolute Gasteiger partial charge is 0.304 e. The molecule has 0 bridgehead atoms. The SMILES string of the molecule is Cc1ccc(-c2ccc(C#N)c(SCCC(=O)O)n2)cc1. The number of nitriles is 1. The Hall–Kier alpha value is -2.32. The van der Waals surface area contributed by atoms with E-state index in [-0.39, 0.29) is 6.42 Å². The van der Waals surface area contributed by atoms with Crippen molar-refractivity contribution < 1.29 is 9.90 Å². The van der Waals surface area contributed by atoms with Crippen LogP contribution in [0.25, 0.3) is 11.3 Å². The van der Waals surface area contributed by atoms with Crippen molar-refractivity contribution in [2.24, 2.45) is 0 Å². The van der Waals surface area contributed by atoms with Crippen molar-refractivity contribution in [3.05, 3.63) is 47.5 Å². The number of pyridine rings is 1. The van der Waals surface area contributed by atoms with E-state index in [1.807, 2.05) is 37.3 Å². The van der Waals surface area contributed by atoms with Gasteiger partial charge in [0.2, 0.25) is 0 Å². The zero-order valence-corrected chi connectivity index (χ0v) is 12.4. The number of carboxylic acids is 1. The third kappa shape index (κ3) is 4.07. The minimum atomic E-state index is -0.851. The van der Waals surface area contributed by atoms with Crippen molar-refractivity contribution >= 4 is 17.7 Å². The van der Waals surface area contributed by atoms with Crippen LogP contribution in [0.1, 0.15) is 17.5 Å². The molecular weight excluding hydrogens is 284 g/mol. The van der Waals surface area contributed by atoms with Gasteiger partial charge in [0, 0.05) is 11.3 Å². The van der Waals surface area contributed by atoms with E-state index in [0.717, 1.165) is 11.3 Å². The number of aryl methyl sites for hydroxylation is 1. The lowest BCUT2D eigenvalue weighted by molar-refractivity contribution is -0.136. The molecule has 2 rings (SSSR count). The highest BCUT2D eigenvalue weighted by Gasteiger charge is 2.09. The summed E-state index contributed by atoms with van der Waals surface area (Å²) in [6, 6.07) is 13.6. The van der Waals surface area contributed by atoms with Crippen LogP contribution in [-0.4, -0.2) is 21.8 Å². The molecule has 0 aliphatic carbocycles. The molecule has 0 aliphatic rings. The zero-order chi connectivity index (χ0) is 15.2. The summed E-state index contributed by atoms with van der Waals surface area (Å²) >= 11 is 1.30. The quantitative estimate of drug-likeness (QED) is 0.855. The maximum atomic E-state index is 10.6. The van der Waals surface area contributed by atoms with Gasteiger partial charge in [-0.05, 0) is 19.1 Å². The molecule has 1 heterocycles. The lowest BCUT2D eigenvalue weighted by Crippen LogP contribution is -1.97. The lowest BCUT2D eigenvalue weighted by atomic mass is 10.1. The van der Waals surface area contributed by atoms with Gasteiger partial charge in [0.15, 0.2) is 0 Å². The van der Waals surface area contributed by atoms with Crippen molar-refractivity contribution in [2.45, 2.75) is 18.4 Å². The molecule has 5 heteroatoms. The van der Waals surface area contributed by atoms with Crippen LogP contribution in [0.4, 0.5) is 0 Å². The van der Waals surface area contributed by atoms with Crippen molar-refractivity contribution in [2.75, 3.05) is 5.75 Å². The number of carboxylic acid groups (broad SMARTS) is 1. The number of hydrogen-bond donors (Lipinski definition) is 1. The van der Waals surface area contributed by atoms with Crippen LogP contribution in [0.5, 0.6) is 0 Å². The zero-order valence-electron chi connectivity index (χ0n) is 11.5. The molecule has 4 nitrogen and oxygen atoms in total. The highest BCUT2D eigenvalue weighted by molar-refractivity contribution is 7.99. The molecule has 0 atom stereocenters. The van der Waals surface area contributed by atoms with E-state index in [1.165, 1.54) is 17.3 Å².